The highest BCUT2D eigenvalue weighted by Gasteiger charge is 2.28. The molecule has 2 aromatic carbocycles. The number of benzene rings is 2. The van der Waals surface area contributed by atoms with Gasteiger partial charge in [0.05, 0.1) is 11.3 Å². The normalized spacial score (nSPS) is 18.0. The first-order chi connectivity index (χ1) is 15.7. The zero-order valence-electron chi connectivity index (χ0n) is 19.5. The van der Waals surface area contributed by atoms with Crippen molar-refractivity contribution >= 4 is 39.3 Å². The number of rotatable bonds is 7. The lowest BCUT2D eigenvalue weighted by Crippen LogP contribution is -2.42. The zero-order valence-corrected chi connectivity index (χ0v) is 21.1. The van der Waals surface area contributed by atoms with Crippen molar-refractivity contribution in [1.82, 2.24) is 9.80 Å². The lowest BCUT2D eigenvalue weighted by atomic mass is 9.91. The number of hydrogen-bond acceptors (Lipinski definition) is 3. The number of likely N-dealkylation sites (tertiary alicyclic amines) is 1. The fourth-order valence-electron chi connectivity index (χ4n) is 4.37. The summed E-state index contributed by atoms with van der Waals surface area (Å²) in [5.74, 6) is 0.429. The molecule has 0 radical (unpaired) electrons. The maximum atomic E-state index is 13.3. The van der Waals surface area contributed by atoms with Crippen LogP contribution in [-0.2, 0) is 16.1 Å². The average Bonchev–Trinajstić information content (AvgIpc) is 2.78. The summed E-state index contributed by atoms with van der Waals surface area (Å²) < 4.78 is 0.777. The summed E-state index contributed by atoms with van der Waals surface area (Å²) >= 11 is 3.44. The van der Waals surface area contributed by atoms with E-state index < -0.39 is 0 Å². The number of nitrogens with one attached hydrogen (secondary N) is 1. The van der Waals surface area contributed by atoms with Gasteiger partial charge in [0.1, 0.15) is 0 Å². The predicted octanol–water partition coefficient (Wildman–Crippen LogP) is 4.94. The molecular formula is C26H32BrN3O3. The van der Waals surface area contributed by atoms with Gasteiger partial charge in [0.25, 0.3) is 5.91 Å². The van der Waals surface area contributed by atoms with Crippen molar-refractivity contribution < 1.29 is 14.4 Å². The van der Waals surface area contributed by atoms with Crippen LogP contribution in [0.1, 0.15) is 49.0 Å². The Morgan fingerprint density at radius 1 is 1.03 bits per heavy atom. The molecule has 1 N–H and O–H groups in total. The van der Waals surface area contributed by atoms with Gasteiger partial charge in [-0.05, 0) is 42.0 Å². The minimum absolute atomic E-state index is 0.0550. The molecule has 0 aliphatic carbocycles. The average molecular weight is 514 g/mol. The van der Waals surface area contributed by atoms with E-state index in [2.05, 4.69) is 35.1 Å². The Morgan fingerprint density at radius 3 is 2.36 bits per heavy atom. The van der Waals surface area contributed by atoms with E-state index in [1.807, 2.05) is 35.2 Å². The van der Waals surface area contributed by atoms with Crippen molar-refractivity contribution in [2.75, 3.05) is 25.5 Å². The molecule has 0 aromatic heterocycles. The number of carbonyl (C=O) groups excluding carboxylic acids is 3. The quantitative estimate of drug-likeness (QED) is 0.569. The smallest absolute Gasteiger partial charge is 0.256 e. The predicted molar refractivity (Wildman–Crippen MR) is 134 cm³/mol. The summed E-state index contributed by atoms with van der Waals surface area (Å²) in [6, 6.07) is 15.0. The first kappa shape index (κ1) is 25.0. The molecule has 0 spiro atoms. The van der Waals surface area contributed by atoms with Gasteiger partial charge in [-0.2, -0.15) is 0 Å². The van der Waals surface area contributed by atoms with Crippen molar-refractivity contribution in [3.8, 4) is 0 Å². The molecule has 176 valence electrons. The van der Waals surface area contributed by atoms with Crippen LogP contribution in [0.15, 0.2) is 53.0 Å². The van der Waals surface area contributed by atoms with Crippen LogP contribution in [0.25, 0.3) is 0 Å². The van der Waals surface area contributed by atoms with Gasteiger partial charge in [-0.1, -0.05) is 60.1 Å². The van der Waals surface area contributed by atoms with Crippen molar-refractivity contribution in [3.63, 3.8) is 0 Å². The lowest BCUT2D eigenvalue weighted by molar-refractivity contribution is -0.132. The fourth-order valence-corrected chi connectivity index (χ4v) is 4.73. The van der Waals surface area contributed by atoms with Crippen molar-refractivity contribution in [3.05, 3.63) is 64.1 Å². The molecule has 2 aromatic rings. The van der Waals surface area contributed by atoms with Crippen molar-refractivity contribution in [2.45, 2.75) is 39.7 Å². The number of amides is 3. The Labute approximate surface area is 204 Å². The van der Waals surface area contributed by atoms with E-state index in [-0.39, 0.29) is 30.6 Å². The third-order valence-corrected chi connectivity index (χ3v) is 6.39. The summed E-state index contributed by atoms with van der Waals surface area (Å²) in [7, 11) is 1.74. The number of halogens is 1. The second-order valence-electron chi connectivity index (χ2n) is 9.13. The van der Waals surface area contributed by atoms with E-state index in [1.165, 1.54) is 0 Å². The standard InChI is InChI=1S/C26H32BrN3O3/c1-18-13-19(2)16-30(15-18)26(33)22-14-21(27)9-10-23(22)28-24(31)11-12-25(32)29(3)17-20-7-5-4-6-8-20/h4-10,14,18-19H,11-13,15-17H2,1-3H3,(H,28,31)/t18-,19+. The van der Waals surface area contributed by atoms with Gasteiger partial charge >= 0.3 is 0 Å². The van der Waals surface area contributed by atoms with Crippen LogP contribution in [0.4, 0.5) is 5.69 Å². The van der Waals surface area contributed by atoms with E-state index in [0.29, 0.717) is 42.7 Å². The van der Waals surface area contributed by atoms with Gasteiger partial charge in [-0.3, -0.25) is 14.4 Å². The van der Waals surface area contributed by atoms with E-state index in [9.17, 15) is 14.4 Å². The summed E-state index contributed by atoms with van der Waals surface area (Å²) in [6.45, 7) is 6.24. The van der Waals surface area contributed by atoms with Crippen LogP contribution in [0, 0.1) is 11.8 Å². The zero-order chi connectivity index (χ0) is 24.0. The number of piperidine rings is 1. The highest BCUT2D eigenvalue weighted by Crippen LogP contribution is 2.27. The van der Waals surface area contributed by atoms with Crippen LogP contribution >= 0.6 is 15.9 Å². The molecule has 0 unspecified atom stereocenters. The van der Waals surface area contributed by atoms with E-state index in [4.69, 9.17) is 0 Å². The monoisotopic (exact) mass is 513 g/mol. The molecule has 1 heterocycles. The molecule has 0 bridgehead atoms. The van der Waals surface area contributed by atoms with Crippen molar-refractivity contribution in [1.29, 1.82) is 0 Å². The minimum Gasteiger partial charge on any atom is -0.341 e. The number of anilines is 1. The van der Waals surface area contributed by atoms with Gasteiger partial charge < -0.3 is 15.1 Å². The van der Waals surface area contributed by atoms with Gasteiger partial charge in [-0.25, -0.2) is 0 Å². The summed E-state index contributed by atoms with van der Waals surface area (Å²) in [4.78, 5) is 41.9. The van der Waals surface area contributed by atoms with Gasteiger partial charge in [-0.15, -0.1) is 0 Å². The molecule has 1 saturated heterocycles. The Bertz CT molecular complexity index is 986. The third-order valence-electron chi connectivity index (χ3n) is 5.90. The molecule has 0 saturated carbocycles. The molecule has 3 amide bonds. The first-order valence-corrected chi connectivity index (χ1v) is 12.2. The second-order valence-corrected chi connectivity index (χ2v) is 10.0. The highest BCUT2D eigenvalue weighted by molar-refractivity contribution is 9.10. The first-order valence-electron chi connectivity index (χ1n) is 11.4. The van der Waals surface area contributed by atoms with Crippen LogP contribution in [0.5, 0.6) is 0 Å². The Hall–Kier alpha value is -2.67. The topological polar surface area (TPSA) is 69.7 Å². The van der Waals surface area contributed by atoms with E-state index in [1.54, 1.807) is 30.1 Å². The largest absolute Gasteiger partial charge is 0.341 e. The SMILES string of the molecule is C[C@@H]1C[C@H](C)CN(C(=O)c2cc(Br)ccc2NC(=O)CCC(=O)N(C)Cc2ccccc2)C1. The summed E-state index contributed by atoms with van der Waals surface area (Å²) in [5.41, 5.74) is 1.98. The molecule has 7 heteroatoms. The lowest BCUT2D eigenvalue weighted by Gasteiger charge is -2.35. The van der Waals surface area contributed by atoms with Crippen LogP contribution in [0.2, 0.25) is 0 Å². The molecular weight excluding hydrogens is 482 g/mol. The van der Waals surface area contributed by atoms with Crippen molar-refractivity contribution in [2.24, 2.45) is 11.8 Å². The molecule has 6 nitrogen and oxygen atoms in total. The molecule has 1 aliphatic heterocycles. The highest BCUT2D eigenvalue weighted by atomic mass is 79.9. The van der Waals surface area contributed by atoms with Crippen LogP contribution < -0.4 is 5.32 Å². The Morgan fingerprint density at radius 2 is 1.70 bits per heavy atom. The minimum atomic E-state index is -0.284. The number of hydrogen-bond donors (Lipinski definition) is 1. The third kappa shape index (κ3) is 7.16. The van der Waals surface area contributed by atoms with Gasteiger partial charge in [0, 0.05) is 44.0 Å². The molecule has 1 aliphatic rings. The molecule has 3 rings (SSSR count). The Kier molecular flexibility index (Phi) is 8.67. The molecule has 1 fully saturated rings. The second kappa shape index (κ2) is 11.5. The maximum absolute atomic E-state index is 13.3. The fraction of sp³-hybridized carbons (Fsp3) is 0.423. The summed E-state index contributed by atoms with van der Waals surface area (Å²) in [6.07, 6.45) is 1.27. The number of carbonyl (C=O) groups is 3. The Balaban J connectivity index is 1.60. The van der Waals surface area contributed by atoms with Gasteiger partial charge in [0.15, 0.2) is 0 Å². The van der Waals surface area contributed by atoms with Gasteiger partial charge in [0.2, 0.25) is 11.8 Å². The summed E-state index contributed by atoms with van der Waals surface area (Å²) in [5, 5.41) is 2.85. The molecule has 33 heavy (non-hydrogen) atoms. The van der Waals surface area contributed by atoms with Crippen LogP contribution in [-0.4, -0.2) is 47.7 Å². The van der Waals surface area contributed by atoms with E-state index >= 15 is 0 Å². The van der Waals surface area contributed by atoms with Crippen LogP contribution in [0.3, 0.4) is 0 Å². The maximum Gasteiger partial charge on any atom is 0.256 e. The number of nitrogens with zero attached hydrogens (tertiary/aromatic N) is 2. The van der Waals surface area contributed by atoms with E-state index in [0.717, 1.165) is 16.5 Å². The molecule has 2 atom stereocenters.